The van der Waals surface area contributed by atoms with E-state index in [0.29, 0.717) is 6.54 Å². The number of aromatic nitrogens is 2. The maximum Gasteiger partial charge on any atom is 0.0686 e. The minimum Gasteiger partial charge on any atom is -0.260 e. The molecule has 0 aliphatic carbocycles. The smallest absolute Gasteiger partial charge is 0.0686 e. The van der Waals surface area contributed by atoms with Crippen LogP contribution in [0.3, 0.4) is 0 Å². The molecular weight excluding hydrogens is 232 g/mol. The second-order valence-electron chi connectivity index (χ2n) is 3.95. The Morgan fingerprint density at radius 1 is 1.00 bits per heavy atom. The van der Waals surface area contributed by atoms with Gasteiger partial charge in [0.1, 0.15) is 0 Å². The summed E-state index contributed by atoms with van der Waals surface area (Å²) in [6.45, 7) is 0.702. The van der Waals surface area contributed by atoms with Gasteiger partial charge in [-0.1, -0.05) is 48.0 Å². The van der Waals surface area contributed by atoms with Crippen LogP contribution in [0.15, 0.2) is 54.7 Å². The van der Waals surface area contributed by atoms with Crippen molar-refractivity contribution in [2.75, 3.05) is 0 Å². The molecule has 1 aromatic heterocycles. The standard InChI is InChI=1S/C14H11ClN2/c15-13-7-3-1-6-12(13)10-17-14-8-4-2-5-11(14)9-16-17/h1-9H,10H2. The summed E-state index contributed by atoms with van der Waals surface area (Å²) in [6.07, 6.45) is 1.88. The molecular formula is C14H11ClN2. The SMILES string of the molecule is Clc1ccccc1Cn1ncc2ccccc21. The predicted molar refractivity (Wildman–Crippen MR) is 70.3 cm³/mol. The average molecular weight is 243 g/mol. The third-order valence-electron chi connectivity index (χ3n) is 2.83. The lowest BCUT2D eigenvalue weighted by atomic mass is 10.2. The molecule has 0 amide bonds. The minimum absolute atomic E-state index is 0.702. The molecule has 0 unspecified atom stereocenters. The number of hydrogen-bond donors (Lipinski definition) is 0. The van der Waals surface area contributed by atoms with Crippen LogP contribution in [0, 0.1) is 0 Å². The van der Waals surface area contributed by atoms with Crippen molar-refractivity contribution in [2.45, 2.75) is 6.54 Å². The van der Waals surface area contributed by atoms with Crippen molar-refractivity contribution < 1.29 is 0 Å². The van der Waals surface area contributed by atoms with Crippen LogP contribution in [-0.2, 0) is 6.54 Å². The summed E-state index contributed by atoms with van der Waals surface area (Å²) in [5.41, 5.74) is 2.22. The lowest BCUT2D eigenvalue weighted by Gasteiger charge is -2.05. The second kappa shape index (κ2) is 4.22. The van der Waals surface area contributed by atoms with Crippen molar-refractivity contribution in [2.24, 2.45) is 0 Å². The molecule has 0 N–H and O–H groups in total. The van der Waals surface area contributed by atoms with Gasteiger partial charge in [-0.2, -0.15) is 5.10 Å². The number of nitrogens with zero attached hydrogens (tertiary/aromatic N) is 2. The Bertz CT molecular complexity index is 658. The van der Waals surface area contributed by atoms with E-state index >= 15 is 0 Å². The van der Waals surface area contributed by atoms with Gasteiger partial charge < -0.3 is 0 Å². The van der Waals surface area contributed by atoms with Crippen LogP contribution in [0.5, 0.6) is 0 Å². The first-order valence-corrected chi connectivity index (χ1v) is 5.86. The summed E-state index contributed by atoms with van der Waals surface area (Å²) in [4.78, 5) is 0. The number of hydrogen-bond acceptors (Lipinski definition) is 1. The Labute approximate surface area is 104 Å². The number of benzene rings is 2. The fraction of sp³-hybridized carbons (Fsp3) is 0.0714. The third kappa shape index (κ3) is 1.92. The molecule has 0 radical (unpaired) electrons. The maximum absolute atomic E-state index is 6.15. The Morgan fingerprint density at radius 3 is 2.65 bits per heavy atom. The molecule has 0 aliphatic heterocycles. The van der Waals surface area contributed by atoms with Gasteiger partial charge in [0.15, 0.2) is 0 Å². The fourth-order valence-electron chi connectivity index (χ4n) is 1.94. The van der Waals surface area contributed by atoms with Crippen LogP contribution < -0.4 is 0 Å². The van der Waals surface area contributed by atoms with Crippen molar-refractivity contribution >= 4 is 22.5 Å². The van der Waals surface area contributed by atoms with Crippen LogP contribution in [-0.4, -0.2) is 9.78 Å². The van der Waals surface area contributed by atoms with Crippen LogP contribution in [0.4, 0.5) is 0 Å². The molecule has 2 aromatic carbocycles. The highest BCUT2D eigenvalue weighted by atomic mass is 35.5. The topological polar surface area (TPSA) is 17.8 Å². The molecule has 3 aromatic rings. The summed E-state index contributed by atoms with van der Waals surface area (Å²) >= 11 is 6.15. The van der Waals surface area contributed by atoms with Crippen LogP contribution in [0.25, 0.3) is 10.9 Å². The van der Waals surface area contributed by atoms with Gasteiger partial charge in [0.05, 0.1) is 18.3 Å². The van der Waals surface area contributed by atoms with E-state index in [1.807, 2.05) is 47.3 Å². The van der Waals surface area contributed by atoms with E-state index in [9.17, 15) is 0 Å². The Morgan fingerprint density at radius 2 is 1.76 bits per heavy atom. The van der Waals surface area contributed by atoms with E-state index < -0.39 is 0 Å². The molecule has 84 valence electrons. The summed E-state index contributed by atoms with van der Waals surface area (Å²) < 4.78 is 1.97. The van der Waals surface area contributed by atoms with Crippen molar-refractivity contribution in [3.05, 3.63) is 65.3 Å². The predicted octanol–water partition coefficient (Wildman–Crippen LogP) is 3.74. The average Bonchev–Trinajstić information content (AvgIpc) is 2.76. The fourth-order valence-corrected chi connectivity index (χ4v) is 2.14. The largest absolute Gasteiger partial charge is 0.260 e. The van der Waals surface area contributed by atoms with Crippen molar-refractivity contribution in [1.82, 2.24) is 9.78 Å². The second-order valence-corrected chi connectivity index (χ2v) is 4.36. The molecule has 17 heavy (non-hydrogen) atoms. The molecule has 0 aliphatic rings. The zero-order valence-corrected chi connectivity index (χ0v) is 9.93. The lowest BCUT2D eigenvalue weighted by molar-refractivity contribution is 0.712. The molecule has 0 atom stereocenters. The van der Waals surface area contributed by atoms with Gasteiger partial charge in [-0.25, -0.2) is 0 Å². The highest BCUT2D eigenvalue weighted by molar-refractivity contribution is 6.31. The highest BCUT2D eigenvalue weighted by Crippen LogP contribution is 2.19. The highest BCUT2D eigenvalue weighted by Gasteiger charge is 2.04. The van der Waals surface area contributed by atoms with Gasteiger partial charge in [-0.3, -0.25) is 4.68 Å². The van der Waals surface area contributed by atoms with Crippen LogP contribution in [0.1, 0.15) is 5.56 Å². The van der Waals surface area contributed by atoms with E-state index in [-0.39, 0.29) is 0 Å². The zero-order chi connectivity index (χ0) is 11.7. The van der Waals surface area contributed by atoms with Crippen molar-refractivity contribution in [1.29, 1.82) is 0 Å². The van der Waals surface area contributed by atoms with Gasteiger partial charge in [0, 0.05) is 10.4 Å². The Hall–Kier alpha value is -1.80. The molecule has 0 spiro atoms. The normalized spacial score (nSPS) is 10.9. The number of halogens is 1. The summed E-state index contributed by atoms with van der Waals surface area (Å²) in [5, 5.41) is 6.33. The van der Waals surface area contributed by atoms with Gasteiger partial charge >= 0.3 is 0 Å². The quantitative estimate of drug-likeness (QED) is 0.669. The molecule has 0 fully saturated rings. The van der Waals surface area contributed by atoms with E-state index in [1.165, 1.54) is 0 Å². The molecule has 0 bridgehead atoms. The van der Waals surface area contributed by atoms with Gasteiger partial charge in [-0.05, 0) is 17.7 Å². The lowest BCUT2D eigenvalue weighted by Crippen LogP contribution is -2.01. The van der Waals surface area contributed by atoms with E-state index in [4.69, 9.17) is 11.6 Å². The van der Waals surface area contributed by atoms with Crippen LogP contribution >= 0.6 is 11.6 Å². The minimum atomic E-state index is 0.702. The van der Waals surface area contributed by atoms with E-state index in [1.54, 1.807) is 0 Å². The molecule has 2 nitrogen and oxygen atoms in total. The molecule has 1 heterocycles. The first-order valence-electron chi connectivity index (χ1n) is 5.48. The summed E-state index contributed by atoms with van der Waals surface area (Å²) in [6, 6.07) is 16.0. The number of rotatable bonds is 2. The Balaban J connectivity index is 2.03. The van der Waals surface area contributed by atoms with Gasteiger partial charge in [-0.15, -0.1) is 0 Å². The third-order valence-corrected chi connectivity index (χ3v) is 3.20. The van der Waals surface area contributed by atoms with Gasteiger partial charge in [0.25, 0.3) is 0 Å². The van der Waals surface area contributed by atoms with Crippen molar-refractivity contribution in [3.63, 3.8) is 0 Å². The van der Waals surface area contributed by atoms with Crippen molar-refractivity contribution in [3.8, 4) is 0 Å². The summed E-state index contributed by atoms with van der Waals surface area (Å²) in [7, 11) is 0. The first kappa shape index (κ1) is 10.4. The van der Waals surface area contributed by atoms with E-state index in [2.05, 4.69) is 17.2 Å². The number of fused-ring (bicyclic) bond motifs is 1. The Kier molecular flexibility index (Phi) is 2.57. The molecule has 3 rings (SSSR count). The molecule has 0 saturated carbocycles. The van der Waals surface area contributed by atoms with Crippen LogP contribution in [0.2, 0.25) is 5.02 Å². The summed E-state index contributed by atoms with van der Waals surface area (Å²) in [5.74, 6) is 0. The zero-order valence-electron chi connectivity index (χ0n) is 9.18. The van der Waals surface area contributed by atoms with E-state index in [0.717, 1.165) is 21.5 Å². The molecule has 3 heteroatoms. The van der Waals surface area contributed by atoms with Gasteiger partial charge in [0.2, 0.25) is 0 Å². The first-order chi connectivity index (χ1) is 8.34. The monoisotopic (exact) mass is 242 g/mol. The molecule has 0 saturated heterocycles. The maximum atomic E-state index is 6.15. The number of para-hydroxylation sites is 1.